The molecule has 6 heterocycles. The van der Waals surface area contributed by atoms with Gasteiger partial charge in [-0.15, -0.1) is 22.7 Å². The maximum absolute atomic E-state index is 6.69. The van der Waals surface area contributed by atoms with E-state index in [9.17, 15) is 0 Å². The highest BCUT2D eigenvalue weighted by molar-refractivity contribution is 7.26. The summed E-state index contributed by atoms with van der Waals surface area (Å²) < 4.78 is 31.4. The molecule has 496 valence electrons. The zero-order chi connectivity index (χ0) is 69.5. The minimum absolute atomic E-state index is 0.535. The largest absolute Gasteiger partial charge is 0.456 e. The average Bonchev–Trinajstić information content (AvgIpc) is 1.56. The molecule has 6 aromatic heterocycles. The van der Waals surface area contributed by atoms with E-state index in [0.29, 0.717) is 22.9 Å². The molecule has 22 rings (SSSR count). The van der Waals surface area contributed by atoms with Crippen LogP contribution in [-0.4, -0.2) is 9.97 Å². The second-order valence-corrected chi connectivity index (χ2v) is 29.3. The molecule has 8 nitrogen and oxygen atoms in total. The molecule has 0 atom stereocenters. The van der Waals surface area contributed by atoms with Gasteiger partial charge in [-0.1, -0.05) is 188 Å². The fraction of sp³-hybridized carbons (Fsp3) is 0. The Morgan fingerprint density at radius 1 is 0.236 bits per heavy atom. The van der Waals surface area contributed by atoms with Crippen molar-refractivity contribution in [3.05, 3.63) is 340 Å². The maximum atomic E-state index is 6.69. The highest BCUT2D eigenvalue weighted by Gasteiger charge is 2.24. The van der Waals surface area contributed by atoms with Gasteiger partial charge in [0, 0.05) is 114 Å². The number of furan rings is 2. The molecular weight excluding hydrogens is 1340 g/mol. The summed E-state index contributed by atoms with van der Waals surface area (Å²) in [6.45, 7) is 0. The molecule has 0 saturated carbocycles. The maximum Gasteiger partial charge on any atom is 0.227 e. The van der Waals surface area contributed by atoms with Gasteiger partial charge in [0.2, 0.25) is 11.8 Å². The molecule has 0 aliphatic rings. The Morgan fingerprint density at radius 3 is 1.52 bits per heavy atom. The summed E-state index contributed by atoms with van der Waals surface area (Å²) in [5.41, 5.74) is 22.9. The van der Waals surface area contributed by atoms with Crippen LogP contribution in [0.25, 0.3) is 185 Å². The zero-order valence-corrected chi connectivity index (χ0v) is 58.2. The van der Waals surface area contributed by atoms with E-state index >= 15 is 0 Å². The first-order chi connectivity index (χ1) is 52.4. The second-order valence-electron chi connectivity index (χ2n) is 27.1. The lowest BCUT2D eigenvalue weighted by atomic mass is 9.97. The third-order valence-electron chi connectivity index (χ3n) is 20.9. The topological polar surface area (TPSA) is 84.8 Å². The summed E-state index contributed by atoms with van der Waals surface area (Å²) in [6, 6.07) is 121. The van der Waals surface area contributed by atoms with E-state index in [1.165, 1.54) is 62.2 Å². The molecule has 106 heavy (non-hydrogen) atoms. The first-order valence-electron chi connectivity index (χ1n) is 35.5. The molecule has 0 saturated heterocycles. The highest BCUT2D eigenvalue weighted by Crippen LogP contribution is 2.49. The van der Waals surface area contributed by atoms with Crippen LogP contribution in [0.4, 0.5) is 34.1 Å². The van der Waals surface area contributed by atoms with E-state index in [1.807, 2.05) is 65.1 Å². The Hall–Kier alpha value is -13.6. The summed E-state index contributed by atoms with van der Waals surface area (Å²) in [7, 11) is 0. The molecule has 0 unspecified atom stereocenters. The number of nitrogens with zero attached hydrogens (tertiary/aromatic N) is 4. The minimum Gasteiger partial charge on any atom is -0.456 e. The van der Waals surface area contributed by atoms with Crippen molar-refractivity contribution in [3.8, 4) is 67.4 Å². The summed E-state index contributed by atoms with van der Waals surface area (Å²) in [5, 5.41) is 11.3. The Bertz CT molecular complexity index is 7300. The molecule has 0 spiro atoms. The van der Waals surface area contributed by atoms with Crippen molar-refractivity contribution in [3.63, 3.8) is 0 Å². The number of benzene rings is 16. The Morgan fingerprint density at radius 2 is 0.736 bits per heavy atom. The van der Waals surface area contributed by atoms with Crippen LogP contribution in [0, 0.1) is 0 Å². The molecule has 0 radical (unpaired) electrons. The monoisotopic (exact) mass is 1390 g/mol. The summed E-state index contributed by atoms with van der Waals surface area (Å²) in [4.78, 5) is 14.8. The van der Waals surface area contributed by atoms with Crippen LogP contribution in [-0.2, 0) is 0 Å². The Labute approximate surface area is 614 Å². The molecule has 16 aromatic carbocycles. The van der Waals surface area contributed by atoms with E-state index in [0.717, 1.165) is 134 Å². The van der Waals surface area contributed by atoms with Crippen LogP contribution in [0.15, 0.2) is 357 Å². The average molecular weight is 1390 g/mol. The third kappa shape index (κ3) is 9.94. The van der Waals surface area contributed by atoms with Gasteiger partial charge in [-0.3, -0.25) is 0 Å². The van der Waals surface area contributed by atoms with Crippen LogP contribution in [0.1, 0.15) is 0 Å². The summed E-state index contributed by atoms with van der Waals surface area (Å²) in [5.74, 6) is 1.11. The number of oxazole rings is 2. The number of fused-ring (bicyclic) bond motifs is 15. The van der Waals surface area contributed by atoms with E-state index in [4.69, 9.17) is 27.6 Å². The van der Waals surface area contributed by atoms with Crippen LogP contribution in [0.3, 0.4) is 0 Å². The van der Waals surface area contributed by atoms with Gasteiger partial charge in [0.25, 0.3) is 0 Å². The van der Waals surface area contributed by atoms with Crippen LogP contribution >= 0.6 is 22.7 Å². The molecule has 0 aliphatic heterocycles. The van der Waals surface area contributed by atoms with Crippen LogP contribution in [0.5, 0.6) is 0 Å². The van der Waals surface area contributed by atoms with Crippen molar-refractivity contribution in [2.45, 2.75) is 0 Å². The van der Waals surface area contributed by atoms with Gasteiger partial charge in [0.05, 0.1) is 5.69 Å². The molecule has 0 aliphatic carbocycles. The van der Waals surface area contributed by atoms with Crippen LogP contribution < -0.4 is 9.80 Å². The first kappa shape index (κ1) is 60.0. The van der Waals surface area contributed by atoms with E-state index in [2.05, 4.69) is 307 Å². The molecule has 0 fully saturated rings. The number of anilines is 6. The highest BCUT2D eigenvalue weighted by atomic mass is 32.1. The first-order valence-corrected chi connectivity index (χ1v) is 37.1. The molecule has 0 amide bonds. The van der Waals surface area contributed by atoms with Gasteiger partial charge in [0.15, 0.2) is 11.2 Å². The van der Waals surface area contributed by atoms with Gasteiger partial charge in [0.1, 0.15) is 33.4 Å². The standard InChI is InChI=1S/C96H56N4O4S2/c1-2-17-60(18-3-1)95-98-82-55-86-80(54-88(82)103-95)78-51-69(44-46-85(78)101-86)99(68-25-12-23-64(50-68)73-30-14-31-75-74-27-6-8-33-90(74)106-94(73)75)66-40-36-57(37-41-66)61-20-10-21-62(48-61)63-22-11-24-65(49-63)96-97-81-53-79-77-52-70(45-47-84(77)102-87(79)56-89(81)104-96)100(83-32-15-35-92-93(83)76-28-7-9-34-91(76)105-92)67-42-38-59(39-43-67)72-29-13-19-58-16-4-5-26-71(58)72/h1-56H. The van der Waals surface area contributed by atoms with Crippen molar-refractivity contribution >= 4 is 174 Å². The molecule has 22 aromatic rings. The fourth-order valence-corrected chi connectivity index (χ4v) is 18.2. The quantitative estimate of drug-likeness (QED) is 0.120. The predicted octanol–water partition coefficient (Wildman–Crippen LogP) is 28.6. The summed E-state index contributed by atoms with van der Waals surface area (Å²) in [6.07, 6.45) is 0. The number of hydrogen-bond acceptors (Lipinski definition) is 10. The van der Waals surface area contributed by atoms with Gasteiger partial charge in [-0.25, -0.2) is 9.97 Å². The smallest absolute Gasteiger partial charge is 0.227 e. The van der Waals surface area contributed by atoms with Crippen LogP contribution in [0.2, 0.25) is 0 Å². The van der Waals surface area contributed by atoms with E-state index < -0.39 is 0 Å². The molecule has 0 bridgehead atoms. The number of aromatic nitrogens is 2. The van der Waals surface area contributed by atoms with Crippen molar-refractivity contribution in [1.82, 2.24) is 9.97 Å². The number of thiophene rings is 2. The predicted molar refractivity (Wildman–Crippen MR) is 441 cm³/mol. The van der Waals surface area contributed by atoms with E-state index in [1.54, 1.807) is 0 Å². The van der Waals surface area contributed by atoms with Crippen molar-refractivity contribution in [2.75, 3.05) is 9.80 Å². The van der Waals surface area contributed by atoms with Crippen molar-refractivity contribution < 1.29 is 17.7 Å². The van der Waals surface area contributed by atoms with Gasteiger partial charge in [-0.2, -0.15) is 0 Å². The van der Waals surface area contributed by atoms with Crippen molar-refractivity contribution in [2.24, 2.45) is 0 Å². The van der Waals surface area contributed by atoms with Gasteiger partial charge >= 0.3 is 0 Å². The number of rotatable bonds is 12. The summed E-state index contributed by atoms with van der Waals surface area (Å²) >= 11 is 3.68. The third-order valence-corrected chi connectivity index (χ3v) is 23.3. The lowest BCUT2D eigenvalue weighted by Crippen LogP contribution is -2.10. The molecular formula is C96H56N4O4S2. The second kappa shape index (κ2) is 24.0. The normalized spacial score (nSPS) is 12.0. The lowest BCUT2D eigenvalue weighted by Gasteiger charge is -2.27. The lowest BCUT2D eigenvalue weighted by molar-refractivity contribution is 0.617. The van der Waals surface area contributed by atoms with Gasteiger partial charge in [-0.05, 0) is 195 Å². The fourth-order valence-electron chi connectivity index (χ4n) is 15.9. The van der Waals surface area contributed by atoms with E-state index in [-0.39, 0.29) is 0 Å². The van der Waals surface area contributed by atoms with Crippen molar-refractivity contribution in [1.29, 1.82) is 0 Å². The zero-order valence-electron chi connectivity index (χ0n) is 56.6. The Kier molecular flexibility index (Phi) is 13.6. The molecule has 0 N–H and O–H groups in total. The number of hydrogen-bond donors (Lipinski definition) is 0. The Balaban J connectivity index is 0.592. The minimum atomic E-state index is 0.535. The SMILES string of the molecule is c1ccc(-c2nc3cc4oc5ccc(N(c6ccc(-c7cccc(-c8cccc(-c9nc%10cc%11c(cc%10o9)oc9ccc(N(c%10ccc(-c%12cccc%13ccccc%12%13)cc%10)c%10cccc%12sc%13ccccc%13c%10%12)cc9%11)c8)c7)cc6)c6cccc(-c7cccc8c7sc7ccccc78)c6)cc5c4cc3o2)cc1. The molecule has 10 heteroatoms. The van der Waals surface area contributed by atoms with Gasteiger partial charge < -0.3 is 27.5 Å².